The molecule has 2 aromatic carbocycles. The SMILES string of the molecule is CN1C(=C(C#N)C(=O)CCC(=O)NCc2ccc(Cn3cncn3)cc2)N(C)c2ccccc21. The summed E-state index contributed by atoms with van der Waals surface area (Å²) in [5.74, 6) is -0.0598. The van der Waals surface area contributed by atoms with E-state index in [1.807, 2.05) is 78.5 Å². The summed E-state index contributed by atoms with van der Waals surface area (Å²) in [6.45, 7) is 0.991. The van der Waals surface area contributed by atoms with Gasteiger partial charge < -0.3 is 15.1 Å². The average molecular weight is 456 g/mol. The number of nitrogens with one attached hydrogen (secondary N) is 1. The van der Waals surface area contributed by atoms with Gasteiger partial charge in [0.05, 0.1) is 17.9 Å². The Morgan fingerprint density at radius 3 is 2.21 bits per heavy atom. The van der Waals surface area contributed by atoms with Crippen molar-refractivity contribution in [1.82, 2.24) is 20.1 Å². The predicted molar refractivity (Wildman–Crippen MR) is 128 cm³/mol. The molecule has 1 aliphatic rings. The van der Waals surface area contributed by atoms with Crippen LogP contribution in [-0.4, -0.2) is 40.6 Å². The third kappa shape index (κ3) is 4.81. The quantitative estimate of drug-likeness (QED) is 0.411. The molecule has 172 valence electrons. The first kappa shape index (κ1) is 22.7. The first-order chi connectivity index (χ1) is 16.5. The van der Waals surface area contributed by atoms with Gasteiger partial charge >= 0.3 is 0 Å². The Kier molecular flexibility index (Phi) is 6.69. The van der Waals surface area contributed by atoms with Gasteiger partial charge in [0.2, 0.25) is 5.91 Å². The molecule has 1 amide bonds. The Morgan fingerprint density at radius 2 is 1.62 bits per heavy atom. The highest BCUT2D eigenvalue weighted by atomic mass is 16.2. The molecule has 0 radical (unpaired) electrons. The molecule has 1 aliphatic heterocycles. The molecule has 9 nitrogen and oxygen atoms in total. The number of allylic oxidation sites excluding steroid dienone is 1. The summed E-state index contributed by atoms with van der Waals surface area (Å²) in [5, 5.41) is 16.6. The van der Waals surface area contributed by atoms with Gasteiger partial charge in [-0.1, -0.05) is 36.4 Å². The number of ketones is 1. The monoisotopic (exact) mass is 455 g/mol. The zero-order valence-electron chi connectivity index (χ0n) is 19.1. The number of anilines is 2. The molecular weight excluding hydrogens is 430 g/mol. The van der Waals surface area contributed by atoms with E-state index in [-0.39, 0.29) is 30.1 Å². The molecular formula is C25H25N7O2. The number of nitriles is 1. The van der Waals surface area contributed by atoms with E-state index in [0.717, 1.165) is 22.5 Å². The number of Topliss-reactive ketones (excluding diaryl/α,β-unsaturated/α-hetero) is 1. The van der Waals surface area contributed by atoms with Crippen molar-refractivity contribution >= 4 is 23.1 Å². The second-order valence-electron chi connectivity index (χ2n) is 8.03. The van der Waals surface area contributed by atoms with E-state index in [4.69, 9.17) is 0 Å². The van der Waals surface area contributed by atoms with E-state index in [1.54, 1.807) is 11.0 Å². The number of aromatic nitrogens is 3. The number of hydrogen-bond donors (Lipinski definition) is 1. The summed E-state index contributed by atoms with van der Waals surface area (Å²) >= 11 is 0. The van der Waals surface area contributed by atoms with Gasteiger partial charge in [-0.3, -0.25) is 9.59 Å². The van der Waals surface area contributed by atoms with Gasteiger partial charge in [-0.2, -0.15) is 10.4 Å². The summed E-state index contributed by atoms with van der Waals surface area (Å²) in [7, 11) is 3.65. The van der Waals surface area contributed by atoms with Gasteiger partial charge in [-0.25, -0.2) is 9.67 Å². The number of amides is 1. The summed E-state index contributed by atoms with van der Waals surface area (Å²) in [4.78, 5) is 32.8. The van der Waals surface area contributed by atoms with Crippen LogP contribution in [0.3, 0.4) is 0 Å². The van der Waals surface area contributed by atoms with E-state index in [1.165, 1.54) is 6.33 Å². The molecule has 9 heteroatoms. The average Bonchev–Trinajstić information content (AvgIpc) is 3.45. The van der Waals surface area contributed by atoms with Crippen molar-refractivity contribution in [2.75, 3.05) is 23.9 Å². The number of carbonyl (C=O) groups excluding carboxylic acids is 2. The maximum Gasteiger partial charge on any atom is 0.220 e. The number of nitrogens with zero attached hydrogens (tertiary/aromatic N) is 6. The van der Waals surface area contributed by atoms with Crippen molar-refractivity contribution in [2.24, 2.45) is 0 Å². The standard InChI is InChI=1S/C25H25N7O2/c1-30-21-5-3-4-6-22(21)31(2)25(30)20(13-26)23(33)11-12-24(34)28-14-18-7-9-19(10-8-18)15-32-17-27-16-29-32/h3-10,16-17H,11-12,14-15H2,1-2H3,(H,28,34). The molecule has 0 spiro atoms. The smallest absolute Gasteiger partial charge is 0.220 e. The van der Waals surface area contributed by atoms with Gasteiger partial charge in [0.15, 0.2) is 5.78 Å². The van der Waals surface area contributed by atoms with Crippen LogP contribution in [0.5, 0.6) is 0 Å². The summed E-state index contributed by atoms with van der Waals surface area (Å²) in [6, 6.07) is 17.6. The van der Waals surface area contributed by atoms with Crippen LogP contribution >= 0.6 is 0 Å². The second kappa shape index (κ2) is 10.0. The first-order valence-electron chi connectivity index (χ1n) is 10.9. The summed E-state index contributed by atoms with van der Waals surface area (Å²) < 4.78 is 1.73. The van der Waals surface area contributed by atoms with Crippen LogP contribution in [0.4, 0.5) is 11.4 Å². The normalized spacial score (nSPS) is 12.3. The Labute approximate surface area is 197 Å². The van der Waals surface area contributed by atoms with Crippen LogP contribution in [0.25, 0.3) is 0 Å². The second-order valence-corrected chi connectivity index (χ2v) is 8.03. The van der Waals surface area contributed by atoms with Crippen LogP contribution in [0, 0.1) is 11.3 Å². The number of para-hydroxylation sites is 2. The summed E-state index contributed by atoms with van der Waals surface area (Å²) in [5.41, 5.74) is 3.93. The van der Waals surface area contributed by atoms with Gasteiger partial charge in [0.25, 0.3) is 0 Å². The maximum absolute atomic E-state index is 12.8. The van der Waals surface area contributed by atoms with E-state index < -0.39 is 0 Å². The Bertz CT molecular complexity index is 1230. The molecule has 0 saturated carbocycles. The molecule has 0 unspecified atom stereocenters. The first-order valence-corrected chi connectivity index (χ1v) is 10.9. The maximum atomic E-state index is 12.8. The number of benzene rings is 2. The molecule has 0 fully saturated rings. The number of carbonyl (C=O) groups is 2. The molecule has 3 aromatic rings. The Morgan fingerprint density at radius 1 is 0.971 bits per heavy atom. The molecule has 4 rings (SSSR count). The number of hydrogen-bond acceptors (Lipinski definition) is 7. The van der Waals surface area contributed by atoms with Crippen molar-refractivity contribution < 1.29 is 9.59 Å². The molecule has 1 aromatic heterocycles. The number of rotatable bonds is 8. The third-order valence-electron chi connectivity index (χ3n) is 5.76. The van der Waals surface area contributed by atoms with E-state index in [0.29, 0.717) is 18.9 Å². The fraction of sp³-hybridized carbons (Fsp3) is 0.240. The van der Waals surface area contributed by atoms with Crippen molar-refractivity contribution in [2.45, 2.75) is 25.9 Å². The number of fused-ring (bicyclic) bond motifs is 1. The van der Waals surface area contributed by atoms with Gasteiger partial charge in [0, 0.05) is 33.5 Å². The van der Waals surface area contributed by atoms with E-state index in [9.17, 15) is 14.9 Å². The van der Waals surface area contributed by atoms with Crippen molar-refractivity contribution in [3.63, 3.8) is 0 Å². The summed E-state index contributed by atoms with van der Waals surface area (Å²) in [6.07, 6.45) is 3.13. The highest BCUT2D eigenvalue weighted by Gasteiger charge is 2.31. The Hall–Kier alpha value is -4.45. The topological polar surface area (TPSA) is 107 Å². The molecule has 0 aliphatic carbocycles. The zero-order valence-corrected chi connectivity index (χ0v) is 19.1. The minimum atomic E-state index is -0.350. The highest BCUT2D eigenvalue weighted by molar-refractivity contribution is 6.03. The highest BCUT2D eigenvalue weighted by Crippen LogP contribution is 2.40. The van der Waals surface area contributed by atoms with Crippen molar-refractivity contribution in [3.8, 4) is 6.07 Å². The Balaban J connectivity index is 1.31. The molecule has 0 saturated heterocycles. The van der Waals surface area contributed by atoms with Crippen LogP contribution in [-0.2, 0) is 22.7 Å². The molecule has 0 atom stereocenters. The lowest BCUT2D eigenvalue weighted by Gasteiger charge is -2.19. The molecule has 34 heavy (non-hydrogen) atoms. The third-order valence-corrected chi connectivity index (χ3v) is 5.76. The lowest BCUT2D eigenvalue weighted by Crippen LogP contribution is -2.27. The lowest BCUT2D eigenvalue weighted by molar-refractivity contribution is -0.124. The molecule has 0 bridgehead atoms. The van der Waals surface area contributed by atoms with Gasteiger partial charge in [-0.15, -0.1) is 0 Å². The van der Waals surface area contributed by atoms with Crippen LogP contribution in [0.2, 0.25) is 0 Å². The predicted octanol–water partition coefficient (Wildman–Crippen LogP) is 2.61. The van der Waals surface area contributed by atoms with Crippen LogP contribution in [0.1, 0.15) is 24.0 Å². The molecule has 2 heterocycles. The van der Waals surface area contributed by atoms with E-state index in [2.05, 4.69) is 15.4 Å². The fourth-order valence-corrected chi connectivity index (χ4v) is 3.96. The zero-order chi connectivity index (χ0) is 24.1. The van der Waals surface area contributed by atoms with Gasteiger partial charge in [0.1, 0.15) is 30.1 Å². The minimum absolute atomic E-state index is 0.0159. The van der Waals surface area contributed by atoms with Gasteiger partial charge in [-0.05, 0) is 23.3 Å². The van der Waals surface area contributed by atoms with E-state index >= 15 is 0 Å². The fourth-order valence-electron chi connectivity index (χ4n) is 3.96. The van der Waals surface area contributed by atoms with Crippen LogP contribution < -0.4 is 15.1 Å². The molecule has 1 N–H and O–H groups in total. The van der Waals surface area contributed by atoms with Crippen molar-refractivity contribution in [3.05, 3.63) is 83.7 Å². The van der Waals surface area contributed by atoms with Crippen LogP contribution in [0.15, 0.2) is 72.6 Å². The lowest BCUT2D eigenvalue weighted by atomic mass is 10.1. The van der Waals surface area contributed by atoms with Crippen molar-refractivity contribution in [1.29, 1.82) is 5.26 Å². The minimum Gasteiger partial charge on any atom is -0.352 e. The largest absolute Gasteiger partial charge is 0.352 e.